The highest BCUT2D eigenvalue weighted by Crippen LogP contribution is 2.39. The van der Waals surface area contributed by atoms with Gasteiger partial charge >= 0.3 is 0 Å². The molecule has 0 fully saturated rings. The second-order valence-electron chi connectivity index (χ2n) is 5.85. The number of hydrogen-bond donors (Lipinski definition) is 1. The molecule has 3 aromatic rings. The fourth-order valence-electron chi connectivity index (χ4n) is 2.57. The number of ether oxygens (including phenoxy) is 2. The highest BCUT2D eigenvalue weighted by Gasteiger charge is 2.18. The lowest BCUT2D eigenvalue weighted by atomic mass is 10.0. The zero-order valence-electron chi connectivity index (χ0n) is 13.6. The van der Waals surface area contributed by atoms with E-state index in [0.717, 1.165) is 21.9 Å². The van der Waals surface area contributed by atoms with E-state index in [1.54, 1.807) is 40.4 Å². The van der Waals surface area contributed by atoms with Crippen molar-refractivity contribution in [1.29, 1.82) is 0 Å². The molecular weight excluding hydrogens is 294 g/mol. The summed E-state index contributed by atoms with van der Waals surface area (Å²) >= 11 is 0. The highest BCUT2D eigenvalue weighted by molar-refractivity contribution is 6.04. The fourth-order valence-corrected chi connectivity index (χ4v) is 2.57. The van der Waals surface area contributed by atoms with Gasteiger partial charge in [-0.3, -0.25) is 0 Å². The summed E-state index contributed by atoms with van der Waals surface area (Å²) in [4.78, 5) is 4.53. The lowest BCUT2D eigenvalue weighted by molar-refractivity contribution is 0.134. The molecule has 0 saturated carbocycles. The summed E-state index contributed by atoms with van der Waals surface area (Å²) in [6, 6.07) is 5.53. The van der Waals surface area contributed by atoms with Crippen molar-refractivity contribution < 1.29 is 19.0 Å². The van der Waals surface area contributed by atoms with Crippen molar-refractivity contribution in [2.45, 2.75) is 19.4 Å². The molecule has 23 heavy (non-hydrogen) atoms. The lowest BCUT2D eigenvalue weighted by Crippen LogP contribution is -2.13. The van der Waals surface area contributed by atoms with Crippen molar-refractivity contribution in [2.24, 2.45) is 0 Å². The summed E-state index contributed by atoms with van der Waals surface area (Å²) in [6.45, 7) is 3.43. The zero-order valence-corrected chi connectivity index (χ0v) is 13.6. The van der Waals surface area contributed by atoms with Gasteiger partial charge in [0.2, 0.25) is 5.71 Å². The first-order chi connectivity index (χ1) is 10.9. The Kier molecular flexibility index (Phi) is 3.74. The number of methoxy groups -OCH3 is 2. The third-order valence-corrected chi connectivity index (χ3v) is 3.60. The van der Waals surface area contributed by atoms with E-state index in [2.05, 4.69) is 4.98 Å². The van der Waals surface area contributed by atoms with E-state index in [0.29, 0.717) is 17.2 Å². The van der Waals surface area contributed by atoms with E-state index in [4.69, 9.17) is 13.9 Å². The average molecular weight is 313 g/mol. The molecule has 0 saturated heterocycles. The molecule has 2 aromatic heterocycles. The van der Waals surface area contributed by atoms with Crippen molar-refractivity contribution in [3.8, 4) is 11.5 Å². The van der Waals surface area contributed by atoms with Crippen LogP contribution in [0.25, 0.3) is 28.1 Å². The SMILES string of the molecule is COc1ccc2nc3occc3c(OC)c2c1/C=C/C(C)(C)O. The molecule has 0 atom stereocenters. The quantitative estimate of drug-likeness (QED) is 0.794. The van der Waals surface area contributed by atoms with E-state index in [-0.39, 0.29) is 0 Å². The van der Waals surface area contributed by atoms with Gasteiger partial charge in [0.25, 0.3) is 0 Å². The molecule has 5 nitrogen and oxygen atoms in total. The van der Waals surface area contributed by atoms with Crippen LogP contribution in [0.15, 0.2) is 35.0 Å². The molecule has 1 aromatic carbocycles. The van der Waals surface area contributed by atoms with Gasteiger partial charge < -0.3 is 19.0 Å². The van der Waals surface area contributed by atoms with Crippen molar-refractivity contribution in [2.75, 3.05) is 14.2 Å². The van der Waals surface area contributed by atoms with Crippen LogP contribution in [0, 0.1) is 0 Å². The molecule has 0 radical (unpaired) electrons. The molecule has 0 amide bonds. The number of aliphatic hydroxyl groups is 1. The molecule has 120 valence electrons. The van der Waals surface area contributed by atoms with E-state index < -0.39 is 5.60 Å². The fraction of sp³-hybridized carbons (Fsp3) is 0.278. The molecule has 0 spiro atoms. The average Bonchev–Trinajstić information content (AvgIpc) is 2.97. The number of aromatic nitrogens is 1. The summed E-state index contributed by atoms with van der Waals surface area (Å²) in [5.74, 6) is 1.36. The lowest BCUT2D eigenvalue weighted by Gasteiger charge is -2.14. The second kappa shape index (κ2) is 5.59. The molecular formula is C18H19NO4. The van der Waals surface area contributed by atoms with Crippen molar-refractivity contribution in [3.63, 3.8) is 0 Å². The van der Waals surface area contributed by atoms with Gasteiger partial charge in [-0.25, -0.2) is 4.98 Å². The summed E-state index contributed by atoms with van der Waals surface area (Å²) in [5, 5.41) is 11.6. The molecule has 2 heterocycles. The van der Waals surface area contributed by atoms with Crippen LogP contribution >= 0.6 is 0 Å². The van der Waals surface area contributed by atoms with E-state index >= 15 is 0 Å². The number of pyridine rings is 1. The molecule has 0 aliphatic heterocycles. The predicted octanol–water partition coefficient (Wildman–Crippen LogP) is 3.78. The van der Waals surface area contributed by atoms with Gasteiger partial charge in [-0.05, 0) is 32.0 Å². The first-order valence-electron chi connectivity index (χ1n) is 7.28. The summed E-state index contributed by atoms with van der Waals surface area (Å²) in [7, 11) is 3.23. The van der Waals surface area contributed by atoms with Gasteiger partial charge in [0.15, 0.2) is 0 Å². The molecule has 5 heteroatoms. The minimum Gasteiger partial charge on any atom is -0.496 e. The topological polar surface area (TPSA) is 64.7 Å². The van der Waals surface area contributed by atoms with Crippen LogP contribution in [-0.4, -0.2) is 29.9 Å². The monoisotopic (exact) mass is 313 g/mol. The molecule has 0 unspecified atom stereocenters. The van der Waals surface area contributed by atoms with Crippen molar-refractivity contribution in [3.05, 3.63) is 36.1 Å². The van der Waals surface area contributed by atoms with Crippen molar-refractivity contribution in [1.82, 2.24) is 4.98 Å². The molecule has 1 N–H and O–H groups in total. The summed E-state index contributed by atoms with van der Waals surface area (Å²) < 4.78 is 16.5. The maximum Gasteiger partial charge on any atom is 0.230 e. The van der Waals surface area contributed by atoms with Crippen LogP contribution in [0.3, 0.4) is 0 Å². The Morgan fingerprint density at radius 2 is 1.96 bits per heavy atom. The third kappa shape index (κ3) is 2.75. The maximum absolute atomic E-state index is 9.99. The van der Waals surface area contributed by atoms with Crippen molar-refractivity contribution >= 4 is 28.1 Å². The van der Waals surface area contributed by atoms with E-state index in [1.807, 2.05) is 24.3 Å². The van der Waals surface area contributed by atoms with E-state index in [9.17, 15) is 5.11 Å². The Labute approximate surface area is 134 Å². The molecule has 0 bridgehead atoms. The Hall–Kier alpha value is -2.53. The Morgan fingerprint density at radius 3 is 2.61 bits per heavy atom. The number of rotatable bonds is 4. The third-order valence-electron chi connectivity index (χ3n) is 3.60. The van der Waals surface area contributed by atoms with Crippen LogP contribution in [-0.2, 0) is 0 Å². The standard InChI is InChI=1S/C18H19NO4/c1-18(2,20)9-7-11-14(21-3)6-5-13-15(11)16(22-4)12-8-10-23-17(12)19-13/h5-10,20H,1-4H3/b9-7+. The predicted molar refractivity (Wildman–Crippen MR) is 90.0 cm³/mol. The van der Waals surface area contributed by atoms with Crippen LogP contribution in [0.4, 0.5) is 0 Å². The number of hydrogen-bond acceptors (Lipinski definition) is 5. The first-order valence-corrected chi connectivity index (χ1v) is 7.28. The maximum atomic E-state index is 9.99. The van der Waals surface area contributed by atoms with Gasteiger partial charge in [-0.2, -0.15) is 0 Å². The summed E-state index contributed by atoms with van der Waals surface area (Å²) in [6.07, 6.45) is 5.13. The Balaban J connectivity index is 2.40. The van der Waals surface area contributed by atoms with E-state index in [1.165, 1.54) is 0 Å². The minimum absolute atomic E-state index is 0.525. The first kappa shape index (κ1) is 15.4. The minimum atomic E-state index is -0.937. The molecule has 3 rings (SSSR count). The second-order valence-corrected chi connectivity index (χ2v) is 5.85. The van der Waals surface area contributed by atoms with Gasteiger partial charge in [0.1, 0.15) is 11.5 Å². The number of benzene rings is 1. The normalized spacial score (nSPS) is 12.4. The van der Waals surface area contributed by atoms with Crippen LogP contribution < -0.4 is 9.47 Å². The number of fused-ring (bicyclic) bond motifs is 2. The smallest absolute Gasteiger partial charge is 0.230 e. The molecule has 0 aliphatic carbocycles. The highest BCUT2D eigenvalue weighted by atomic mass is 16.5. The van der Waals surface area contributed by atoms with Crippen LogP contribution in [0.1, 0.15) is 19.4 Å². The number of furan rings is 1. The Bertz CT molecular complexity index is 887. The van der Waals surface area contributed by atoms with Gasteiger partial charge in [-0.1, -0.05) is 12.2 Å². The van der Waals surface area contributed by atoms with Gasteiger partial charge in [0.05, 0.1) is 42.4 Å². The summed E-state index contributed by atoms with van der Waals surface area (Å²) in [5.41, 5.74) is 1.13. The molecule has 0 aliphatic rings. The van der Waals surface area contributed by atoms with Crippen LogP contribution in [0.5, 0.6) is 11.5 Å². The Morgan fingerprint density at radius 1 is 1.17 bits per heavy atom. The number of nitrogens with zero attached hydrogens (tertiary/aromatic N) is 1. The largest absolute Gasteiger partial charge is 0.496 e. The van der Waals surface area contributed by atoms with Crippen LogP contribution in [0.2, 0.25) is 0 Å². The van der Waals surface area contributed by atoms with Gasteiger partial charge in [-0.15, -0.1) is 0 Å². The van der Waals surface area contributed by atoms with Gasteiger partial charge in [0, 0.05) is 5.56 Å². The zero-order chi connectivity index (χ0) is 16.6.